The quantitative estimate of drug-likeness (QED) is 0.143. The summed E-state index contributed by atoms with van der Waals surface area (Å²) in [6, 6.07) is 18.3. The Kier molecular flexibility index (Phi) is 7.66. The molecule has 2 amide bonds. The molecule has 0 unspecified atom stereocenters. The molecule has 0 radical (unpaired) electrons. The molecule has 7 N–H and O–H groups in total. The van der Waals surface area contributed by atoms with Crippen molar-refractivity contribution >= 4 is 17.5 Å². The minimum Gasteiger partial charge on any atom is -0.399 e. The lowest BCUT2D eigenvalue weighted by Crippen LogP contribution is -2.57. The highest BCUT2D eigenvalue weighted by Crippen LogP contribution is 2.26. The Bertz CT molecular complexity index is 1210. The second-order valence-electron chi connectivity index (χ2n) is 7.83. The summed E-state index contributed by atoms with van der Waals surface area (Å²) in [6.07, 6.45) is 0. The standard InChI is InChI=1S/C26H25N3O5/c1-26(33,21-12-6-19(16-30)7-13-21)23(25(32)29-34)28-24(31)20-10-4-17(5-11-20)2-3-18-8-14-22(27)15-9-18/h4-15,23,30,33-34H,16,27H2,1H3,(H,28,31)(H,29,32)/t23-,26+/m1/s1. The fourth-order valence-corrected chi connectivity index (χ4v) is 3.27. The second-order valence-corrected chi connectivity index (χ2v) is 7.83. The minimum atomic E-state index is -1.86. The van der Waals surface area contributed by atoms with E-state index in [1.807, 2.05) is 0 Å². The first-order valence-electron chi connectivity index (χ1n) is 10.4. The Morgan fingerprint density at radius 1 is 0.941 bits per heavy atom. The Hall–Kier alpha value is -4.16. The highest BCUT2D eigenvalue weighted by atomic mass is 16.5. The van der Waals surface area contributed by atoms with E-state index in [0.29, 0.717) is 22.4 Å². The summed E-state index contributed by atoms with van der Waals surface area (Å²) in [7, 11) is 0. The van der Waals surface area contributed by atoms with Crippen molar-refractivity contribution in [3.8, 4) is 11.8 Å². The van der Waals surface area contributed by atoms with Gasteiger partial charge in [0.2, 0.25) is 0 Å². The van der Waals surface area contributed by atoms with Crippen LogP contribution in [0, 0.1) is 11.8 Å². The van der Waals surface area contributed by atoms with E-state index in [0.717, 1.165) is 5.56 Å². The van der Waals surface area contributed by atoms with Gasteiger partial charge in [-0.25, -0.2) is 5.48 Å². The highest BCUT2D eigenvalue weighted by molar-refractivity contribution is 5.98. The number of nitrogens with one attached hydrogen (secondary N) is 2. The van der Waals surface area contributed by atoms with Crippen LogP contribution in [0.1, 0.15) is 39.5 Å². The monoisotopic (exact) mass is 459 g/mol. The van der Waals surface area contributed by atoms with Crippen LogP contribution in [-0.4, -0.2) is 33.3 Å². The Balaban J connectivity index is 1.77. The molecule has 3 rings (SSSR count). The van der Waals surface area contributed by atoms with Crippen LogP contribution >= 0.6 is 0 Å². The van der Waals surface area contributed by atoms with Crippen LogP contribution < -0.4 is 16.5 Å². The summed E-state index contributed by atoms with van der Waals surface area (Å²) in [5.74, 6) is 4.38. The van der Waals surface area contributed by atoms with Crippen LogP contribution in [-0.2, 0) is 17.0 Å². The maximum absolute atomic E-state index is 12.8. The number of hydrogen-bond acceptors (Lipinski definition) is 6. The molecular weight excluding hydrogens is 434 g/mol. The predicted molar refractivity (Wildman–Crippen MR) is 126 cm³/mol. The molecule has 174 valence electrons. The molecule has 8 nitrogen and oxygen atoms in total. The minimum absolute atomic E-state index is 0.180. The molecule has 0 saturated carbocycles. The summed E-state index contributed by atoms with van der Waals surface area (Å²) in [5, 5.41) is 31.9. The summed E-state index contributed by atoms with van der Waals surface area (Å²) in [4.78, 5) is 25.1. The Morgan fingerprint density at radius 3 is 1.97 bits per heavy atom. The summed E-state index contributed by atoms with van der Waals surface area (Å²) in [6.45, 7) is 1.16. The predicted octanol–water partition coefficient (Wildman–Crippen LogP) is 1.67. The summed E-state index contributed by atoms with van der Waals surface area (Å²) < 4.78 is 0. The van der Waals surface area contributed by atoms with E-state index in [2.05, 4.69) is 17.2 Å². The van der Waals surface area contributed by atoms with Gasteiger partial charge < -0.3 is 21.3 Å². The number of amides is 2. The molecule has 3 aromatic rings. The lowest BCUT2D eigenvalue weighted by atomic mass is 9.87. The van der Waals surface area contributed by atoms with E-state index >= 15 is 0 Å². The van der Waals surface area contributed by atoms with Crippen LogP contribution in [0.5, 0.6) is 0 Å². The van der Waals surface area contributed by atoms with Gasteiger partial charge in [0.1, 0.15) is 11.6 Å². The van der Waals surface area contributed by atoms with E-state index < -0.39 is 23.5 Å². The van der Waals surface area contributed by atoms with Crippen molar-refractivity contribution in [2.45, 2.75) is 25.2 Å². The number of benzene rings is 3. The van der Waals surface area contributed by atoms with Gasteiger partial charge in [-0.05, 0) is 66.6 Å². The molecule has 0 spiro atoms. The van der Waals surface area contributed by atoms with E-state index in [9.17, 15) is 19.8 Å². The van der Waals surface area contributed by atoms with Gasteiger partial charge >= 0.3 is 0 Å². The number of rotatable bonds is 6. The number of nitrogens with two attached hydrogens (primary N) is 1. The fraction of sp³-hybridized carbons (Fsp3) is 0.154. The molecule has 0 aliphatic carbocycles. The van der Waals surface area contributed by atoms with Gasteiger partial charge in [0.25, 0.3) is 11.8 Å². The van der Waals surface area contributed by atoms with Gasteiger partial charge in [0, 0.05) is 22.4 Å². The zero-order chi connectivity index (χ0) is 24.7. The fourth-order valence-electron chi connectivity index (χ4n) is 3.27. The lowest BCUT2D eigenvalue weighted by Gasteiger charge is -2.32. The van der Waals surface area contributed by atoms with Crippen molar-refractivity contribution in [3.63, 3.8) is 0 Å². The third kappa shape index (κ3) is 5.79. The van der Waals surface area contributed by atoms with Crippen molar-refractivity contribution in [3.05, 3.63) is 101 Å². The van der Waals surface area contributed by atoms with Crippen molar-refractivity contribution in [1.82, 2.24) is 10.8 Å². The smallest absolute Gasteiger partial charge is 0.269 e. The molecule has 0 aliphatic rings. The number of hydrogen-bond donors (Lipinski definition) is 6. The SMILES string of the molecule is C[C@](O)(c1ccc(CO)cc1)[C@H](NC(=O)c1ccc(C#Cc2ccc(N)cc2)cc1)C(=O)NO. The molecule has 0 aromatic heterocycles. The van der Waals surface area contributed by atoms with Crippen molar-refractivity contribution in [1.29, 1.82) is 0 Å². The number of aliphatic hydroxyl groups is 2. The third-order valence-corrected chi connectivity index (χ3v) is 5.34. The molecule has 0 saturated heterocycles. The molecule has 3 aromatic carbocycles. The Morgan fingerprint density at radius 2 is 1.47 bits per heavy atom. The second kappa shape index (κ2) is 10.6. The van der Waals surface area contributed by atoms with Gasteiger partial charge in [-0.2, -0.15) is 0 Å². The topological polar surface area (TPSA) is 145 Å². The number of carbonyl (C=O) groups excluding carboxylic acids is 2. The largest absolute Gasteiger partial charge is 0.399 e. The average molecular weight is 460 g/mol. The summed E-state index contributed by atoms with van der Waals surface area (Å²) in [5.41, 5.74) is 8.57. The molecule has 34 heavy (non-hydrogen) atoms. The van der Waals surface area contributed by atoms with Gasteiger partial charge in [0.05, 0.1) is 6.61 Å². The number of carbonyl (C=O) groups is 2. The van der Waals surface area contributed by atoms with E-state index in [-0.39, 0.29) is 12.2 Å². The van der Waals surface area contributed by atoms with Crippen LogP contribution in [0.4, 0.5) is 5.69 Å². The maximum Gasteiger partial charge on any atom is 0.269 e. The van der Waals surface area contributed by atoms with Crippen LogP contribution in [0.2, 0.25) is 0 Å². The van der Waals surface area contributed by atoms with E-state index in [1.165, 1.54) is 24.5 Å². The zero-order valence-electron chi connectivity index (χ0n) is 18.4. The lowest BCUT2D eigenvalue weighted by molar-refractivity contribution is -0.138. The van der Waals surface area contributed by atoms with Gasteiger partial charge in [-0.1, -0.05) is 36.1 Å². The van der Waals surface area contributed by atoms with Crippen LogP contribution in [0.15, 0.2) is 72.8 Å². The average Bonchev–Trinajstić information content (AvgIpc) is 2.86. The zero-order valence-corrected chi connectivity index (χ0v) is 18.4. The van der Waals surface area contributed by atoms with Gasteiger partial charge in [-0.3, -0.25) is 14.8 Å². The first-order chi connectivity index (χ1) is 16.2. The molecule has 0 fully saturated rings. The number of anilines is 1. The molecule has 2 atom stereocenters. The van der Waals surface area contributed by atoms with Crippen molar-refractivity contribution < 1.29 is 25.0 Å². The van der Waals surface area contributed by atoms with Crippen LogP contribution in [0.3, 0.4) is 0 Å². The van der Waals surface area contributed by atoms with E-state index in [1.54, 1.807) is 60.7 Å². The van der Waals surface area contributed by atoms with Crippen LogP contribution in [0.25, 0.3) is 0 Å². The maximum atomic E-state index is 12.8. The van der Waals surface area contributed by atoms with E-state index in [4.69, 9.17) is 10.9 Å². The van der Waals surface area contributed by atoms with Gasteiger partial charge in [-0.15, -0.1) is 0 Å². The number of hydroxylamine groups is 1. The normalized spacial score (nSPS) is 13.1. The molecule has 0 heterocycles. The number of aliphatic hydroxyl groups excluding tert-OH is 1. The highest BCUT2D eigenvalue weighted by Gasteiger charge is 2.40. The van der Waals surface area contributed by atoms with Crippen molar-refractivity contribution in [2.24, 2.45) is 0 Å². The number of nitrogen functional groups attached to an aromatic ring is 1. The first-order valence-corrected chi connectivity index (χ1v) is 10.4. The first kappa shape index (κ1) is 24.5. The third-order valence-electron chi connectivity index (χ3n) is 5.34. The summed E-state index contributed by atoms with van der Waals surface area (Å²) >= 11 is 0. The molecule has 8 heteroatoms. The van der Waals surface area contributed by atoms with Crippen molar-refractivity contribution in [2.75, 3.05) is 5.73 Å². The molecule has 0 aliphatic heterocycles. The molecular formula is C26H25N3O5. The Labute approximate surface area is 197 Å². The van der Waals surface area contributed by atoms with Gasteiger partial charge in [0.15, 0.2) is 0 Å². The molecule has 0 bridgehead atoms.